The van der Waals surface area contributed by atoms with Gasteiger partial charge in [0.2, 0.25) is 5.91 Å². The van der Waals surface area contributed by atoms with Crippen LogP contribution in [0.25, 0.3) is 10.8 Å². The minimum atomic E-state index is -0.431. The van der Waals surface area contributed by atoms with E-state index in [1.165, 1.54) is 0 Å². The highest BCUT2D eigenvalue weighted by Gasteiger charge is 2.38. The molecule has 1 N–H and O–H groups in total. The maximum absolute atomic E-state index is 13.7. The van der Waals surface area contributed by atoms with E-state index in [0.717, 1.165) is 27.2 Å². The Hall–Kier alpha value is -4.45. The first-order valence-electron chi connectivity index (χ1n) is 12.1. The molecule has 178 valence electrons. The molecule has 6 nitrogen and oxygen atoms in total. The second-order valence-corrected chi connectivity index (χ2v) is 9.38. The lowest BCUT2D eigenvalue weighted by molar-refractivity contribution is -0.119. The van der Waals surface area contributed by atoms with Crippen LogP contribution in [0.3, 0.4) is 0 Å². The van der Waals surface area contributed by atoms with Crippen molar-refractivity contribution in [2.45, 2.75) is 25.4 Å². The molecule has 0 fully saturated rings. The quantitative estimate of drug-likeness (QED) is 0.401. The summed E-state index contributed by atoms with van der Waals surface area (Å²) in [6, 6.07) is 28.5. The predicted octanol–water partition coefficient (Wildman–Crippen LogP) is 5.41. The molecular weight excluding hydrogens is 450 g/mol. The van der Waals surface area contributed by atoms with Crippen molar-refractivity contribution >= 4 is 39.9 Å². The molecule has 4 aromatic carbocycles. The lowest BCUT2D eigenvalue weighted by Crippen LogP contribution is -2.51. The van der Waals surface area contributed by atoms with Gasteiger partial charge in [-0.1, -0.05) is 60.7 Å². The van der Waals surface area contributed by atoms with Gasteiger partial charge in [-0.25, -0.2) is 0 Å². The third kappa shape index (κ3) is 3.53. The zero-order valence-corrected chi connectivity index (χ0v) is 19.8. The molecule has 3 amide bonds. The van der Waals surface area contributed by atoms with Crippen molar-refractivity contribution in [1.29, 1.82) is 0 Å². The summed E-state index contributed by atoms with van der Waals surface area (Å²) in [6.07, 6.45) is 0.696. The number of amides is 3. The highest BCUT2D eigenvalue weighted by molar-refractivity contribution is 6.26. The summed E-state index contributed by atoms with van der Waals surface area (Å²) in [5.41, 5.74) is 3.74. The monoisotopic (exact) mass is 475 g/mol. The minimum absolute atomic E-state index is 0.0328. The average molecular weight is 476 g/mol. The van der Waals surface area contributed by atoms with Crippen molar-refractivity contribution < 1.29 is 14.4 Å². The van der Waals surface area contributed by atoms with E-state index in [1.807, 2.05) is 73.7 Å². The van der Waals surface area contributed by atoms with Gasteiger partial charge in [-0.3, -0.25) is 19.3 Å². The molecule has 2 heterocycles. The number of anilines is 2. The van der Waals surface area contributed by atoms with Crippen molar-refractivity contribution in [3.05, 3.63) is 108 Å². The Balaban J connectivity index is 1.30. The molecule has 2 aliphatic rings. The average Bonchev–Trinajstić information content (AvgIpc) is 2.90. The molecule has 0 unspecified atom stereocenters. The molecule has 0 saturated carbocycles. The van der Waals surface area contributed by atoms with E-state index in [-0.39, 0.29) is 24.5 Å². The number of hydrogen-bond donors (Lipinski definition) is 1. The number of carbonyl (C=O) groups excluding carboxylic acids is 3. The number of hydrogen-bond acceptors (Lipinski definition) is 4. The summed E-state index contributed by atoms with van der Waals surface area (Å²) in [5, 5.41) is 5.09. The van der Waals surface area contributed by atoms with E-state index in [1.54, 1.807) is 29.2 Å². The van der Waals surface area contributed by atoms with Gasteiger partial charge >= 0.3 is 0 Å². The van der Waals surface area contributed by atoms with Crippen molar-refractivity contribution in [2.24, 2.45) is 0 Å². The van der Waals surface area contributed by atoms with Crippen LogP contribution in [0.4, 0.5) is 11.4 Å². The van der Waals surface area contributed by atoms with Crippen LogP contribution in [0.1, 0.15) is 45.7 Å². The summed E-state index contributed by atoms with van der Waals surface area (Å²) in [5.74, 6) is -1.14. The SMILES string of the molecule is C[C@@H]1C[C@@H](Nc2ccccc2)c2ccccc2N1C(=O)CN1C(=O)c2cccc3cccc(c23)C1=O. The summed E-state index contributed by atoms with van der Waals surface area (Å²) in [4.78, 5) is 43.2. The molecule has 6 rings (SSSR count). The molecule has 0 radical (unpaired) electrons. The fraction of sp³-hybridized carbons (Fsp3) is 0.167. The Morgan fingerprint density at radius 3 is 2.17 bits per heavy atom. The van der Waals surface area contributed by atoms with Crippen LogP contribution in [0.15, 0.2) is 91.0 Å². The van der Waals surface area contributed by atoms with Crippen LogP contribution in [-0.4, -0.2) is 35.2 Å². The number of nitrogens with one attached hydrogen (secondary N) is 1. The van der Waals surface area contributed by atoms with E-state index in [4.69, 9.17) is 0 Å². The normalized spacial score (nSPS) is 18.8. The van der Waals surface area contributed by atoms with Crippen LogP contribution in [-0.2, 0) is 4.79 Å². The van der Waals surface area contributed by atoms with Gasteiger partial charge in [0.15, 0.2) is 0 Å². The Morgan fingerprint density at radius 1 is 0.833 bits per heavy atom. The first-order valence-corrected chi connectivity index (χ1v) is 12.1. The van der Waals surface area contributed by atoms with Gasteiger partial charge in [0.25, 0.3) is 11.8 Å². The Kier molecular flexibility index (Phi) is 5.29. The van der Waals surface area contributed by atoms with Gasteiger partial charge in [-0.05, 0) is 54.6 Å². The van der Waals surface area contributed by atoms with E-state index in [9.17, 15) is 14.4 Å². The predicted molar refractivity (Wildman–Crippen MR) is 140 cm³/mol. The molecular formula is C30H25N3O3. The molecule has 36 heavy (non-hydrogen) atoms. The summed E-state index contributed by atoms with van der Waals surface area (Å²) >= 11 is 0. The maximum atomic E-state index is 13.7. The molecule has 0 saturated heterocycles. The largest absolute Gasteiger partial charge is 0.378 e. The van der Waals surface area contributed by atoms with Crippen LogP contribution in [0, 0.1) is 0 Å². The summed E-state index contributed by atoms with van der Waals surface area (Å²) < 4.78 is 0. The third-order valence-electron chi connectivity index (χ3n) is 7.12. The standard InChI is InChI=1S/C30H25N3O3/c1-19-17-25(31-21-11-3-2-4-12-21)22-13-5-6-16-26(22)33(19)27(34)18-32-29(35)23-14-7-9-20-10-8-15-24(28(20)23)30(32)36/h2-16,19,25,31H,17-18H2,1H3/t19-,25-/m1/s1. The zero-order valence-electron chi connectivity index (χ0n) is 19.8. The molecule has 0 bridgehead atoms. The second kappa shape index (κ2) is 8.64. The summed E-state index contributed by atoms with van der Waals surface area (Å²) in [7, 11) is 0. The Morgan fingerprint density at radius 2 is 1.47 bits per heavy atom. The van der Waals surface area contributed by atoms with Crippen molar-refractivity contribution in [3.63, 3.8) is 0 Å². The minimum Gasteiger partial charge on any atom is -0.378 e. The topological polar surface area (TPSA) is 69.7 Å². The van der Waals surface area contributed by atoms with Gasteiger partial charge in [0.05, 0.1) is 6.04 Å². The van der Waals surface area contributed by atoms with Crippen LogP contribution in [0.2, 0.25) is 0 Å². The van der Waals surface area contributed by atoms with Crippen molar-refractivity contribution in [3.8, 4) is 0 Å². The maximum Gasteiger partial charge on any atom is 0.261 e. The van der Waals surface area contributed by atoms with Gasteiger partial charge in [-0.15, -0.1) is 0 Å². The zero-order chi connectivity index (χ0) is 24.8. The number of carbonyl (C=O) groups is 3. The molecule has 0 aromatic heterocycles. The highest BCUT2D eigenvalue weighted by Crippen LogP contribution is 2.39. The van der Waals surface area contributed by atoms with Gasteiger partial charge in [0.1, 0.15) is 6.54 Å². The van der Waals surface area contributed by atoms with E-state index >= 15 is 0 Å². The molecule has 0 aliphatic carbocycles. The van der Waals surface area contributed by atoms with E-state index < -0.39 is 11.8 Å². The van der Waals surface area contributed by atoms with E-state index in [2.05, 4.69) is 5.32 Å². The van der Waals surface area contributed by atoms with Crippen LogP contribution >= 0.6 is 0 Å². The van der Waals surface area contributed by atoms with Crippen LogP contribution < -0.4 is 10.2 Å². The second-order valence-electron chi connectivity index (χ2n) is 9.38. The Bertz CT molecular complexity index is 1460. The molecule has 4 aromatic rings. The van der Waals surface area contributed by atoms with Crippen molar-refractivity contribution in [2.75, 3.05) is 16.8 Å². The fourth-order valence-electron chi connectivity index (χ4n) is 5.50. The first kappa shape index (κ1) is 22.0. The molecule has 2 aliphatic heterocycles. The Labute approximate surface area is 209 Å². The first-order chi connectivity index (χ1) is 17.5. The number of rotatable bonds is 4. The molecule has 0 spiro atoms. The fourth-order valence-corrected chi connectivity index (χ4v) is 5.50. The lowest BCUT2D eigenvalue weighted by atomic mass is 9.91. The number of para-hydroxylation sites is 2. The number of fused-ring (bicyclic) bond motifs is 1. The molecule has 6 heteroatoms. The van der Waals surface area contributed by atoms with Gasteiger partial charge < -0.3 is 10.2 Å². The van der Waals surface area contributed by atoms with E-state index in [0.29, 0.717) is 22.9 Å². The van der Waals surface area contributed by atoms with Crippen molar-refractivity contribution in [1.82, 2.24) is 4.90 Å². The third-order valence-corrected chi connectivity index (χ3v) is 7.12. The lowest BCUT2D eigenvalue weighted by Gasteiger charge is -2.40. The number of imide groups is 1. The van der Waals surface area contributed by atoms with Gasteiger partial charge in [0, 0.05) is 33.9 Å². The number of benzene rings is 4. The van der Waals surface area contributed by atoms with Gasteiger partial charge in [-0.2, -0.15) is 0 Å². The smallest absolute Gasteiger partial charge is 0.261 e. The van der Waals surface area contributed by atoms with Crippen LogP contribution in [0.5, 0.6) is 0 Å². The summed E-state index contributed by atoms with van der Waals surface area (Å²) in [6.45, 7) is 1.70. The molecule has 2 atom stereocenters. The highest BCUT2D eigenvalue weighted by atomic mass is 16.2. The number of nitrogens with zero attached hydrogens (tertiary/aromatic N) is 2.